The molecule has 290 valence electrons. The number of hydrogen-bond acceptors (Lipinski definition) is 7. The third-order valence-electron chi connectivity index (χ3n) is 10.8. The van der Waals surface area contributed by atoms with E-state index in [0.29, 0.717) is 57.4 Å². The zero-order valence-corrected chi connectivity index (χ0v) is 32.7. The summed E-state index contributed by atoms with van der Waals surface area (Å²) in [6.45, 7) is 7.25. The van der Waals surface area contributed by atoms with Gasteiger partial charge in [0.1, 0.15) is 23.3 Å². The van der Waals surface area contributed by atoms with Gasteiger partial charge >= 0.3 is 6.18 Å². The molecular formula is C48H32F3N9. The third-order valence-corrected chi connectivity index (χ3v) is 10.8. The quantitative estimate of drug-likeness (QED) is 0.171. The maximum absolute atomic E-state index is 15.6. The number of halogens is 3. The fraction of sp³-hybridized carbons (Fsp3) is 0.104. The third kappa shape index (κ3) is 5.93. The molecule has 0 spiro atoms. The molecule has 0 atom stereocenters. The molecule has 9 nitrogen and oxygen atoms in total. The van der Waals surface area contributed by atoms with Gasteiger partial charge in [0.2, 0.25) is 0 Å². The van der Waals surface area contributed by atoms with Gasteiger partial charge in [-0.3, -0.25) is 0 Å². The molecule has 0 fully saturated rings. The number of fused-ring (bicyclic) bond motifs is 6. The largest absolute Gasteiger partial charge is 0.417 e. The Morgan fingerprint density at radius 2 is 0.967 bits per heavy atom. The number of rotatable bonds is 5. The van der Waals surface area contributed by atoms with Crippen LogP contribution in [0.15, 0.2) is 121 Å². The van der Waals surface area contributed by atoms with E-state index < -0.39 is 11.7 Å². The van der Waals surface area contributed by atoms with Crippen molar-refractivity contribution in [1.82, 2.24) is 39.0 Å². The van der Waals surface area contributed by atoms with Crippen molar-refractivity contribution in [3.63, 3.8) is 0 Å². The summed E-state index contributed by atoms with van der Waals surface area (Å²) in [7, 11) is 0. The molecule has 0 N–H and O–H groups in total. The Hall–Kier alpha value is -7.78. The summed E-state index contributed by atoms with van der Waals surface area (Å²) in [4.78, 5) is 27.0. The van der Waals surface area contributed by atoms with Crippen LogP contribution in [0.5, 0.6) is 0 Å². The summed E-state index contributed by atoms with van der Waals surface area (Å²) in [5.41, 5.74) is 4.80. The summed E-state index contributed by atoms with van der Waals surface area (Å²) >= 11 is 0. The molecule has 10 rings (SSSR count). The minimum absolute atomic E-state index is 0.0637. The Kier molecular flexibility index (Phi) is 8.33. The molecule has 0 saturated carbocycles. The Labute approximate surface area is 341 Å². The summed E-state index contributed by atoms with van der Waals surface area (Å²) in [5, 5.41) is 13.7. The van der Waals surface area contributed by atoms with Crippen LogP contribution in [0.3, 0.4) is 0 Å². The lowest BCUT2D eigenvalue weighted by Gasteiger charge is -2.22. The SMILES string of the molecule is Cc1nc(C)nc(-c2ccc3c(c2)c2ccccc2n3-c2ccc(C#N)cc2-c2c(-n3c4ccccc4c4cc(-c5nc(C)nc(C)n5)ccc43)cccc2C(F)(F)F)n1. The van der Waals surface area contributed by atoms with E-state index >= 15 is 13.2 Å². The first-order valence-electron chi connectivity index (χ1n) is 19.2. The van der Waals surface area contributed by atoms with E-state index in [4.69, 9.17) is 0 Å². The van der Waals surface area contributed by atoms with Gasteiger partial charge < -0.3 is 9.13 Å². The molecule has 0 aliphatic heterocycles. The molecule has 0 aliphatic carbocycles. The fourth-order valence-electron chi connectivity index (χ4n) is 8.48. The lowest BCUT2D eigenvalue weighted by Crippen LogP contribution is -2.11. The van der Waals surface area contributed by atoms with E-state index in [1.54, 1.807) is 24.3 Å². The maximum Gasteiger partial charge on any atom is 0.417 e. The predicted octanol–water partition coefficient (Wildman–Crippen LogP) is 11.4. The van der Waals surface area contributed by atoms with Gasteiger partial charge in [-0.25, -0.2) is 29.9 Å². The second-order valence-electron chi connectivity index (χ2n) is 14.7. The lowest BCUT2D eigenvalue weighted by molar-refractivity contribution is -0.137. The molecular weight excluding hydrogens is 760 g/mol. The highest BCUT2D eigenvalue weighted by Crippen LogP contribution is 2.47. The van der Waals surface area contributed by atoms with Crippen LogP contribution in [0.2, 0.25) is 0 Å². The molecule has 0 bridgehead atoms. The highest BCUT2D eigenvalue weighted by Gasteiger charge is 2.36. The Morgan fingerprint density at radius 1 is 0.483 bits per heavy atom. The van der Waals surface area contributed by atoms with Gasteiger partial charge in [-0.1, -0.05) is 42.5 Å². The standard InChI is InChI=1S/C48H32F3N9/c1-26-53-27(2)56-46(55-26)31-17-20-41-35(23-31)33-10-5-7-13-39(33)59(41)43-19-16-30(25-52)22-37(43)45-38(48(49,50)51)12-9-15-44(45)60-40-14-8-6-11-34(40)36-24-32(18-21-42(36)60)47-57-28(3)54-29(4)58-47/h5-24H,1-4H3. The van der Waals surface area contributed by atoms with Crippen LogP contribution < -0.4 is 0 Å². The highest BCUT2D eigenvalue weighted by atomic mass is 19.4. The van der Waals surface area contributed by atoms with Crippen LogP contribution in [-0.2, 0) is 6.18 Å². The molecule has 12 heteroatoms. The summed E-state index contributed by atoms with van der Waals surface area (Å²) in [5.74, 6) is 3.39. The second kappa shape index (κ2) is 13.7. The van der Waals surface area contributed by atoms with Gasteiger partial charge in [-0.2, -0.15) is 18.4 Å². The Balaban J connectivity index is 1.28. The highest BCUT2D eigenvalue weighted by molar-refractivity contribution is 6.12. The number of para-hydroxylation sites is 2. The molecule has 0 radical (unpaired) electrons. The zero-order valence-electron chi connectivity index (χ0n) is 32.7. The zero-order chi connectivity index (χ0) is 41.4. The van der Waals surface area contributed by atoms with E-state index in [1.165, 1.54) is 6.07 Å². The number of alkyl halides is 3. The average molecular weight is 792 g/mol. The topological polar surface area (TPSA) is 111 Å². The summed E-state index contributed by atoms with van der Waals surface area (Å²) in [6.07, 6.45) is -4.76. The van der Waals surface area contributed by atoms with Crippen LogP contribution in [0.1, 0.15) is 34.4 Å². The fourth-order valence-corrected chi connectivity index (χ4v) is 8.48. The van der Waals surface area contributed by atoms with Gasteiger partial charge in [-0.15, -0.1) is 0 Å². The van der Waals surface area contributed by atoms with E-state index in [1.807, 2.05) is 122 Å². The van der Waals surface area contributed by atoms with Crippen LogP contribution in [-0.4, -0.2) is 39.0 Å². The van der Waals surface area contributed by atoms with Gasteiger partial charge in [-0.05, 0) is 107 Å². The first-order valence-corrected chi connectivity index (χ1v) is 19.2. The van der Waals surface area contributed by atoms with Crippen molar-refractivity contribution in [2.75, 3.05) is 0 Å². The number of aromatic nitrogens is 8. The van der Waals surface area contributed by atoms with E-state index in [9.17, 15) is 5.26 Å². The molecule has 0 aliphatic rings. The van der Waals surface area contributed by atoms with Crippen molar-refractivity contribution in [3.05, 3.63) is 156 Å². The smallest absolute Gasteiger partial charge is 0.309 e. The summed E-state index contributed by atoms with van der Waals surface area (Å²) in [6, 6.07) is 38.4. The molecule has 4 heterocycles. The normalized spacial score (nSPS) is 11.9. The molecule has 0 unspecified atom stereocenters. The number of aryl methyl sites for hydroxylation is 4. The first kappa shape index (κ1) is 36.6. The van der Waals surface area contributed by atoms with E-state index in [-0.39, 0.29) is 16.7 Å². The van der Waals surface area contributed by atoms with Crippen molar-refractivity contribution in [1.29, 1.82) is 5.26 Å². The van der Waals surface area contributed by atoms with Crippen molar-refractivity contribution in [3.8, 4) is 51.3 Å². The minimum Gasteiger partial charge on any atom is -0.309 e. The van der Waals surface area contributed by atoms with Gasteiger partial charge in [0.05, 0.1) is 50.6 Å². The van der Waals surface area contributed by atoms with Gasteiger partial charge in [0, 0.05) is 43.8 Å². The number of nitrogens with zero attached hydrogens (tertiary/aromatic N) is 9. The van der Waals surface area contributed by atoms with Crippen molar-refractivity contribution >= 4 is 43.6 Å². The molecule has 6 aromatic carbocycles. The minimum atomic E-state index is -4.76. The molecule has 0 saturated heterocycles. The van der Waals surface area contributed by atoms with Crippen LogP contribution in [0.25, 0.3) is 88.9 Å². The van der Waals surface area contributed by atoms with Gasteiger partial charge in [0.15, 0.2) is 11.6 Å². The Bertz CT molecular complexity index is 3410. The molecule has 0 amide bonds. The predicted molar refractivity (Wildman–Crippen MR) is 227 cm³/mol. The van der Waals surface area contributed by atoms with Crippen molar-refractivity contribution < 1.29 is 13.2 Å². The Morgan fingerprint density at radius 3 is 1.47 bits per heavy atom. The number of hydrogen-bond donors (Lipinski definition) is 0. The van der Waals surface area contributed by atoms with E-state index in [2.05, 4.69) is 36.0 Å². The molecule has 60 heavy (non-hydrogen) atoms. The van der Waals surface area contributed by atoms with E-state index in [0.717, 1.165) is 49.8 Å². The van der Waals surface area contributed by atoms with Crippen LogP contribution in [0, 0.1) is 39.0 Å². The lowest BCUT2D eigenvalue weighted by atomic mass is 9.93. The molecule has 10 aromatic rings. The van der Waals surface area contributed by atoms with Crippen LogP contribution >= 0.6 is 0 Å². The van der Waals surface area contributed by atoms with Gasteiger partial charge in [0.25, 0.3) is 0 Å². The summed E-state index contributed by atoms with van der Waals surface area (Å²) < 4.78 is 50.6. The molecule has 4 aromatic heterocycles. The number of nitriles is 1. The number of benzene rings is 6. The average Bonchev–Trinajstić information content (AvgIpc) is 3.74. The maximum atomic E-state index is 15.6. The first-order chi connectivity index (χ1) is 29.0. The van der Waals surface area contributed by atoms with Crippen molar-refractivity contribution in [2.24, 2.45) is 0 Å². The van der Waals surface area contributed by atoms with Crippen LogP contribution in [0.4, 0.5) is 13.2 Å². The second-order valence-corrected chi connectivity index (χ2v) is 14.7. The van der Waals surface area contributed by atoms with Crippen molar-refractivity contribution in [2.45, 2.75) is 33.9 Å². The monoisotopic (exact) mass is 791 g/mol.